The average Bonchev–Trinajstić information content (AvgIpc) is 2.96. The summed E-state index contributed by atoms with van der Waals surface area (Å²) in [4.78, 5) is 16.2. The Morgan fingerprint density at radius 1 is 1.05 bits per heavy atom. The third-order valence-electron chi connectivity index (χ3n) is 4.18. The molecule has 2 saturated heterocycles. The summed E-state index contributed by atoms with van der Waals surface area (Å²) >= 11 is 0. The van der Waals surface area contributed by atoms with Crippen LogP contribution in [0.5, 0.6) is 0 Å². The van der Waals surface area contributed by atoms with E-state index >= 15 is 0 Å². The standard InChI is InChI=1S/C16H22N2O3/c19-16-18(10-13-21-16)15(14-4-2-1-3-5-14)6-7-17-8-11-20-12-9-17/h1-5,15H,6-13H2. The first-order valence-electron chi connectivity index (χ1n) is 7.63. The number of hydrogen-bond acceptors (Lipinski definition) is 4. The second-order valence-corrected chi connectivity index (χ2v) is 5.48. The summed E-state index contributed by atoms with van der Waals surface area (Å²) in [6.45, 7) is 5.73. The van der Waals surface area contributed by atoms with Crippen LogP contribution >= 0.6 is 0 Å². The van der Waals surface area contributed by atoms with Gasteiger partial charge < -0.3 is 9.47 Å². The van der Waals surface area contributed by atoms with Gasteiger partial charge in [0.2, 0.25) is 0 Å². The Bertz CT molecular complexity index is 460. The molecule has 1 amide bonds. The van der Waals surface area contributed by atoms with Gasteiger partial charge in [0.1, 0.15) is 6.61 Å². The number of carbonyl (C=O) groups excluding carboxylic acids is 1. The lowest BCUT2D eigenvalue weighted by molar-refractivity contribution is 0.0341. The van der Waals surface area contributed by atoms with Gasteiger partial charge in [-0.15, -0.1) is 0 Å². The third-order valence-corrected chi connectivity index (χ3v) is 4.18. The predicted molar refractivity (Wildman–Crippen MR) is 79.1 cm³/mol. The minimum atomic E-state index is -0.189. The van der Waals surface area contributed by atoms with E-state index in [2.05, 4.69) is 17.0 Å². The summed E-state index contributed by atoms with van der Waals surface area (Å²) in [7, 11) is 0. The molecule has 2 heterocycles. The van der Waals surface area contributed by atoms with Gasteiger partial charge in [0, 0.05) is 19.6 Å². The van der Waals surface area contributed by atoms with Crippen LogP contribution in [0.2, 0.25) is 0 Å². The van der Waals surface area contributed by atoms with E-state index in [0.717, 1.165) is 39.3 Å². The molecule has 5 nitrogen and oxygen atoms in total. The minimum absolute atomic E-state index is 0.101. The Labute approximate surface area is 125 Å². The summed E-state index contributed by atoms with van der Waals surface area (Å²) in [6, 6.07) is 10.3. The quantitative estimate of drug-likeness (QED) is 0.830. The van der Waals surface area contributed by atoms with Crippen molar-refractivity contribution >= 4 is 6.09 Å². The Kier molecular flexibility index (Phi) is 4.72. The normalized spacial score (nSPS) is 21.3. The summed E-state index contributed by atoms with van der Waals surface area (Å²) in [5.41, 5.74) is 1.18. The molecule has 2 aliphatic rings. The van der Waals surface area contributed by atoms with Gasteiger partial charge >= 0.3 is 6.09 Å². The highest BCUT2D eigenvalue weighted by molar-refractivity contribution is 5.70. The smallest absolute Gasteiger partial charge is 0.410 e. The van der Waals surface area contributed by atoms with Gasteiger partial charge in [-0.25, -0.2) is 4.79 Å². The molecule has 2 fully saturated rings. The molecule has 0 N–H and O–H groups in total. The van der Waals surface area contributed by atoms with Crippen molar-refractivity contribution in [2.45, 2.75) is 12.5 Å². The van der Waals surface area contributed by atoms with E-state index in [1.165, 1.54) is 5.56 Å². The lowest BCUT2D eigenvalue weighted by atomic mass is 10.0. The van der Waals surface area contributed by atoms with E-state index in [1.807, 2.05) is 23.1 Å². The van der Waals surface area contributed by atoms with Crippen molar-refractivity contribution in [3.05, 3.63) is 35.9 Å². The summed E-state index contributed by atoms with van der Waals surface area (Å²) in [5.74, 6) is 0. The molecule has 0 spiro atoms. The van der Waals surface area contributed by atoms with E-state index in [9.17, 15) is 4.79 Å². The van der Waals surface area contributed by atoms with Gasteiger partial charge in [-0.05, 0) is 12.0 Å². The highest BCUT2D eigenvalue weighted by atomic mass is 16.6. The SMILES string of the molecule is O=C1OCCN1C(CCN1CCOCC1)c1ccccc1. The zero-order valence-corrected chi connectivity index (χ0v) is 12.2. The molecule has 3 rings (SSSR count). The van der Waals surface area contributed by atoms with E-state index in [-0.39, 0.29) is 12.1 Å². The number of rotatable bonds is 5. The van der Waals surface area contributed by atoms with Crippen molar-refractivity contribution in [1.82, 2.24) is 9.80 Å². The summed E-state index contributed by atoms with van der Waals surface area (Å²) < 4.78 is 10.5. The van der Waals surface area contributed by atoms with Gasteiger partial charge in [-0.1, -0.05) is 30.3 Å². The number of amides is 1. The van der Waals surface area contributed by atoms with Crippen molar-refractivity contribution in [3.63, 3.8) is 0 Å². The first-order chi connectivity index (χ1) is 10.3. The molecule has 5 heteroatoms. The molecule has 1 atom stereocenters. The highest BCUT2D eigenvalue weighted by Gasteiger charge is 2.30. The Morgan fingerprint density at radius 2 is 1.81 bits per heavy atom. The number of carbonyl (C=O) groups is 1. The fourth-order valence-electron chi connectivity index (χ4n) is 3.00. The monoisotopic (exact) mass is 290 g/mol. The average molecular weight is 290 g/mol. The molecule has 1 unspecified atom stereocenters. The molecule has 1 aromatic rings. The van der Waals surface area contributed by atoms with Crippen LogP contribution in [-0.4, -0.2) is 61.9 Å². The molecule has 0 saturated carbocycles. The van der Waals surface area contributed by atoms with Crippen LogP contribution in [0.15, 0.2) is 30.3 Å². The Morgan fingerprint density at radius 3 is 2.48 bits per heavy atom. The molecule has 0 aliphatic carbocycles. The van der Waals surface area contributed by atoms with Crippen LogP contribution in [-0.2, 0) is 9.47 Å². The molecule has 0 aromatic heterocycles. The predicted octanol–water partition coefficient (Wildman–Crippen LogP) is 1.90. The Balaban J connectivity index is 1.68. The lowest BCUT2D eigenvalue weighted by Gasteiger charge is -2.31. The zero-order valence-electron chi connectivity index (χ0n) is 12.2. The maximum Gasteiger partial charge on any atom is 0.410 e. The topological polar surface area (TPSA) is 42.0 Å². The molecule has 0 radical (unpaired) electrons. The van der Waals surface area contributed by atoms with Gasteiger partial charge in [0.05, 0.1) is 25.8 Å². The van der Waals surface area contributed by atoms with Crippen molar-refractivity contribution in [1.29, 1.82) is 0 Å². The largest absolute Gasteiger partial charge is 0.448 e. The number of cyclic esters (lactones) is 1. The fraction of sp³-hybridized carbons (Fsp3) is 0.562. The highest BCUT2D eigenvalue weighted by Crippen LogP contribution is 2.27. The molecular formula is C16H22N2O3. The van der Waals surface area contributed by atoms with Crippen molar-refractivity contribution in [2.24, 2.45) is 0 Å². The molecule has 21 heavy (non-hydrogen) atoms. The molecule has 114 valence electrons. The van der Waals surface area contributed by atoms with Crippen LogP contribution in [0.4, 0.5) is 4.79 Å². The number of ether oxygens (including phenoxy) is 2. The Hall–Kier alpha value is -1.59. The number of morpholine rings is 1. The summed E-state index contributed by atoms with van der Waals surface area (Å²) in [5, 5.41) is 0. The molecular weight excluding hydrogens is 268 g/mol. The van der Waals surface area contributed by atoms with Crippen LogP contribution in [0, 0.1) is 0 Å². The maximum absolute atomic E-state index is 11.9. The second-order valence-electron chi connectivity index (χ2n) is 5.48. The molecule has 1 aromatic carbocycles. The van der Waals surface area contributed by atoms with Gasteiger partial charge in [-0.3, -0.25) is 9.80 Å². The maximum atomic E-state index is 11.9. The van der Waals surface area contributed by atoms with Crippen LogP contribution in [0.25, 0.3) is 0 Å². The minimum Gasteiger partial charge on any atom is -0.448 e. The fourth-order valence-corrected chi connectivity index (χ4v) is 3.00. The second kappa shape index (κ2) is 6.91. The van der Waals surface area contributed by atoms with E-state index < -0.39 is 0 Å². The lowest BCUT2D eigenvalue weighted by Crippen LogP contribution is -2.39. The first-order valence-corrected chi connectivity index (χ1v) is 7.63. The summed E-state index contributed by atoms with van der Waals surface area (Å²) in [6.07, 6.45) is 0.741. The van der Waals surface area contributed by atoms with E-state index in [1.54, 1.807) is 0 Å². The van der Waals surface area contributed by atoms with Gasteiger partial charge in [0.15, 0.2) is 0 Å². The van der Waals surface area contributed by atoms with Crippen molar-refractivity contribution < 1.29 is 14.3 Å². The van der Waals surface area contributed by atoms with E-state index in [4.69, 9.17) is 9.47 Å². The number of hydrogen-bond donors (Lipinski definition) is 0. The molecule has 2 aliphatic heterocycles. The number of nitrogens with zero attached hydrogens (tertiary/aromatic N) is 2. The molecule has 0 bridgehead atoms. The van der Waals surface area contributed by atoms with E-state index in [0.29, 0.717) is 13.2 Å². The van der Waals surface area contributed by atoms with Gasteiger partial charge in [-0.2, -0.15) is 0 Å². The zero-order chi connectivity index (χ0) is 14.5. The van der Waals surface area contributed by atoms with Crippen molar-refractivity contribution in [2.75, 3.05) is 46.0 Å². The van der Waals surface area contributed by atoms with Crippen LogP contribution in [0.3, 0.4) is 0 Å². The first kappa shape index (κ1) is 14.4. The van der Waals surface area contributed by atoms with Crippen molar-refractivity contribution in [3.8, 4) is 0 Å². The van der Waals surface area contributed by atoms with Crippen LogP contribution < -0.4 is 0 Å². The number of benzene rings is 1. The van der Waals surface area contributed by atoms with Gasteiger partial charge in [0.25, 0.3) is 0 Å². The van der Waals surface area contributed by atoms with Crippen LogP contribution in [0.1, 0.15) is 18.0 Å². The third kappa shape index (κ3) is 3.54.